The smallest absolute Gasteiger partial charge is 0.237 e. The minimum Gasteiger partial charge on any atom is -0.361 e. The van der Waals surface area contributed by atoms with Crippen molar-refractivity contribution < 1.29 is 9.32 Å². The lowest BCUT2D eigenvalue weighted by Gasteiger charge is -2.33. The van der Waals surface area contributed by atoms with Crippen LogP contribution in [-0.4, -0.2) is 35.6 Å². The second-order valence-electron chi connectivity index (χ2n) is 5.59. The first kappa shape index (κ1) is 12.7. The van der Waals surface area contributed by atoms with Gasteiger partial charge < -0.3 is 9.84 Å². The van der Waals surface area contributed by atoms with Gasteiger partial charge in [-0.25, -0.2) is 0 Å². The number of amides is 1. The summed E-state index contributed by atoms with van der Waals surface area (Å²) in [5, 5.41) is 6.90. The number of likely N-dealkylation sites (tertiary alicyclic amines) is 1. The van der Waals surface area contributed by atoms with Crippen molar-refractivity contribution in [2.45, 2.75) is 50.6 Å². The second kappa shape index (κ2) is 5.33. The number of nitrogens with zero attached hydrogens (tertiary/aromatic N) is 2. The fourth-order valence-electron chi connectivity index (χ4n) is 2.81. The largest absolute Gasteiger partial charge is 0.361 e. The topological polar surface area (TPSA) is 58.4 Å². The lowest BCUT2D eigenvalue weighted by molar-refractivity contribution is -0.127. The molecule has 0 radical (unpaired) electrons. The van der Waals surface area contributed by atoms with Crippen molar-refractivity contribution >= 4 is 5.91 Å². The first-order valence-electron chi connectivity index (χ1n) is 7.19. The molecule has 0 spiro atoms. The Bertz CT molecular complexity index is 453. The van der Waals surface area contributed by atoms with Gasteiger partial charge in [-0.05, 0) is 32.2 Å². The number of aromatic nitrogens is 1. The van der Waals surface area contributed by atoms with Gasteiger partial charge in [0.25, 0.3) is 0 Å². The van der Waals surface area contributed by atoms with Gasteiger partial charge in [-0.2, -0.15) is 0 Å². The predicted molar refractivity (Wildman–Crippen MR) is 70.6 cm³/mol. The van der Waals surface area contributed by atoms with Crippen LogP contribution < -0.4 is 5.32 Å². The van der Waals surface area contributed by atoms with Crippen LogP contribution in [0.3, 0.4) is 0 Å². The van der Waals surface area contributed by atoms with E-state index in [9.17, 15) is 4.79 Å². The third-order valence-electron chi connectivity index (χ3n) is 4.08. The first-order chi connectivity index (χ1) is 9.28. The molecule has 1 saturated heterocycles. The van der Waals surface area contributed by atoms with Crippen LogP contribution in [0, 0.1) is 0 Å². The molecule has 19 heavy (non-hydrogen) atoms. The normalized spacial score (nSPS) is 24.4. The molecule has 0 aromatic carbocycles. The summed E-state index contributed by atoms with van der Waals surface area (Å²) in [7, 11) is 1.70. The van der Waals surface area contributed by atoms with E-state index in [0.29, 0.717) is 12.5 Å². The Morgan fingerprint density at radius 2 is 2.32 bits per heavy atom. The zero-order valence-corrected chi connectivity index (χ0v) is 11.4. The van der Waals surface area contributed by atoms with Crippen LogP contribution in [0.2, 0.25) is 0 Å². The summed E-state index contributed by atoms with van der Waals surface area (Å²) in [6.07, 6.45) is 5.66. The highest BCUT2D eigenvalue weighted by Gasteiger charge is 2.30. The van der Waals surface area contributed by atoms with Crippen molar-refractivity contribution in [2.75, 3.05) is 13.6 Å². The Labute approximate surface area is 113 Å². The van der Waals surface area contributed by atoms with E-state index in [-0.39, 0.29) is 11.9 Å². The van der Waals surface area contributed by atoms with Crippen LogP contribution >= 0.6 is 0 Å². The van der Waals surface area contributed by atoms with Crippen molar-refractivity contribution in [1.29, 1.82) is 0 Å². The van der Waals surface area contributed by atoms with Crippen LogP contribution in [0.15, 0.2) is 10.6 Å². The Morgan fingerprint density at radius 3 is 3.05 bits per heavy atom. The molecule has 1 N–H and O–H groups in total. The van der Waals surface area contributed by atoms with Gasteiger partial charge in [0.2, 0.25) is 5.91 Å². The Balaban J connectivity index is 1.66. The molecule has 104 valence electrons. The molecule has 1 amide bonds. The summed E-state index contributed by atoms with van der Waals surface area (Å²) in [5.41, 5.74) is 0.956. The zero-order chi connectivity index (χ0) is 13.2. The average Bonchev–Trinajstić information content (AvgIpc) is 3.19. The van der Waals surface area contributed by atoms with E-state index in [0.717, 1.165) is 37.3 Å². The van der Waals surface area contributed by atoms with Crippen LogP contribution in [0.4, 0.5) is 0 Å². The molecule has 2 aliphatic rings. The summed E-state index contributed by atoms with van der Waals surface area (Å²) in [4.78, 5) is 14.1. The molecule has 0 bridgehead atoms. The van der Waals surface area contributed by atoms with E-state index in [4.69, 9.17) is 4.52 Å². The third kappa shape index (κ3) is 2.81. The Morgan fingerprint density at radius 1 is 1.47 bits per heavy atom. The maximum absolute atomic E-state index is 11.9. The van der Waals surface area contributed by atoms with E-state index >= 15 is 0 Å². The fraction of sp³-hybridized carbons (Fsp3) is 0.714. The van der Waals surface area contributed by atoms with Gasteiger partial charge in [-0.1, -0.05) is 11.6 Å². The molecule has 2 fully saturated rings. The van der Waals surface area contributed by atoms with Gasteiger partial charge in [-0.3, -0.25) is 9.69 Å². The lowest BCUT2D eigenvalue weighted by Crippen LogP contribution is -2.48. The molecule has 1 aliphatic carbocycles. The molecule has 5 heteroatoms. The van der Waals surface area contributed by atoms with Crippen LogP contribution in [0.5, 0.6) is 0 Å². The summed E-state index contributed by atoms with van der Waals surface area (Å²) in [6.45, 7) is 1.68. The molecule has 3 rings (SSSR count). The minimum atomic E-state index is -0.0141. The number of carbonyl (C=O) groups is 1. The highest BCUT2D eigenvalue weighted by molar-refractivity contribution is 5.81. The van der Waals surface area contributed by atoms with Gasteiger partial charge in [0.05, 0.1) is 11.7 Å². The summed E-state index contributed by atoms with van der Waals surface area (Å²) >= 11 is 0. The van der Waals surface area contributed by atoms with Crippen molar-refractivity contribution in [3.8, 4) is 0 Å². The number of likely N-dealkylation sites (N-methyl/N-ethyl adjacent to an activating group) is 1. The molecule has 0 unspecified atom stereocenters. The van der Waals surface area contributed by atoms with E-state index < -0.39 is 0 Å². The molecule has 2 heterocycles. The van der Waals surface area contributed by atoms with Crippen LogP contribution in [0.1, 0.15) is 49.5 Å². The molecule has 5 nitrogen and oxygen atoms in total. The highest BCUT2D eigenvalue weighted by Crippen LogP contribution is 2.40. The molecular weight excluding hydrogens is 242 g/mol. The van der Waals surface area contributed by atoms with E-state index in [1.165, 1.54) is 12.8 Å². The standard InChI is InChI=1S/C14H21N3O2/c1-15-14(18)12-4-2-3-7-17(12)9-11-8-13(19-16-11)10-5-6-10/h8,10,12H,2-7,9H2,1H3,(H,15,18)/t12-/m0/s1. The third-order valence-corrected chi connectivity index (χ3v) is 4.08. The molecular formula is C14H21N3O2. The van der Waals surface area contributed by atoms with Crippen molar-refractivity contribution in [2.24, 2.45) is 0 Å². The quantitative estimate of drug-likeness (QED) is 0.897. The van der Waals surface area contributed by atoms with Gasteiger partial charge in [0, 0.05) is 25.6 Å². The van der Waals surface area contributed by atoms with Crippen molar-refractivity contribution in [3.63, 3.8) is 0 Å². The van der Waals surface area contributed by atoms with Gasteiger partial charge in [0.15, 0.2) is 0 Å². The highest BCUT2D eigenvalue weighted by atomic mass is 16.5. The number of piperidine rings is 1. The Hall–Kier alpha value is -1.36. The molecule has 1 aliphatic heterocycles. The van der Waals surface area contributed by atoms with E-state index in [1.807, 2.05) is 0 Å². The van der Waals surface area contributed by atoms with E-state index in [1.54, 1.807) is 7.05 Å². The average molecular weight is 263 g/mol. The number of rotatable bonds is 4. The van der Waals surface area contributed by atoms with Crippen molar-refractivity contribution in [3.05, 3.63) is 17.5 Å². The summed E-state index contributed by atoms with van der Waals surface area (Å²) in [6, 6.07) is 2.05. The Kier molecular flexibility index (Phi) is 3.55. The molecule has 1 aromatic rings. The maximum atomic E-state index is 11.9. The number of nitrogens with one attached hydrogen (secondary N) is 1. The fourth-order valence-corrected chi connectivity index (χ4v) is 2.81. The maximum Gasteiger partial charge on any atom is 0.237 e. The van der Waals surface area contributed by atoms with E-state index in [2.05, 4.69) is 21.4 Å². The SMILES string of the molecule is CNC(=O)[C@@H]1CCCCN1Cc1cc(C2CC2)on1. The second-order valence-corrected chi connectivity index (χ2v) is 5.59. The summed E-state index contributed by atoms with van der Waals surface area (Å²) in [5.74, 6) is 1.73. The predicted octanol–water partition coefficient (Wildman–Crippen LogP) is 1.65. The van der Waals surface area contributed by atoms with Crippen molar-refractivity contribution in [1.82, 2.24) is 15.4 Å². The minimum absolute atomic E-state index is 0.0141. The molecule has 1 saturated carbocycles. The lowest BCUT2D eigenvalue weighted by atomic mass is 10.0. The summed E-state index contributed by atoms with van der Waals surface area (Å²) < 4.78 is 5.37. The molecule has 1 atom stereocenters. The van der Waals surface area contributed by atoms with Gasteiger partial charge in [0.1, 0.15) is 5.76 Å². The monoisotopic (exact) mass is 263 g/mol. The van der Waals surface area contributed by atoms with Gasteiger partial charge >= 0.3 is 0 Å². The van der Waals surface area contributed by atoms with Gasteiger partial charge in [-0.15, -0.1) is 0 Å². The zero-order valence-electron chi connectivity index (χ0n) is 11.4. The van der Waals surface area contributed by atoms with Crippen LogP contribution in [-0.2, 0) is 11.3 Å². The number of hydrogen-bond acceptors (Lipinski definition) is 4. The number of carbonyl (C=O) groups excluding carboxylic acids is 1. The molecule has 1 aromatic heterocycles. The number of hydrogen-bond donors (Lipinski definition) is 1. The van der Waals surface area contributed by atoms with Crippen LogP contribution in [0.25, 0.3) is 0 Å². The first-order valence-corrected chi connectivity index (χ1v) is 7.19.